The van der Waals surface area contributed by atoms with Crippen LogP contribution in [0.5, 0.6) is 0 Å². The van der Waals surface area contributed by atoms with E-state index in [-0.39, 0.29) is 6.23 Å². The summed E-state index contributed by atoms with van der Waals surface area (Å²) in [7, 11) is -7.00. The summed E-state index contributed by atoms with van der Waals surface area (Å²) in [5, 5.41) is 10.2. The second-order valence-electron chi connectivity index (χ2n) is 8.51. The summed E-state index contributed by atoms with van der Waals surface area (Å²) in [4.78, 5) is 0. The number of nitrogens with two attached hydrogens (primary N) is 4. The summed E-state index contributed by atoms with van der Waals surface area (Å²) >= 11 is 0. The van der Waals surface area contributed by atoms with Gasteiger partial charge in [0.1, 0.15) is 0 Å². The van der Waals surface area contributed by atoms with Gasteiger partial charge in [0, 0.05) is 27.4 Å². The molecule has 0 bridgehead atoms. The molecule has 9 N–H and O–H groups in total. The summed E-state index contributed by atoms with van der Waals surface area (Å²) in [6.07, 6.45) is 2.66. The average molecular weight is 547 g/mol. The lowest BCUT2D eigenvalue weighted by Gasteiger charge is -2.44. The first-order chi connectivity index (χ1) is 15.6. The van der Waals surface area contributed by atoms with Crippen molar-refractivity contribution < 1.29 is 30.7 Å². The van der Waals surface area contributed by atoms with Crippen molar-refractivity contribution in [2.75, 3.05) is 53.7 Å². The van der Waals surface area contributed by atoms with E-state index >= 15 is 0 Å². The fraction of sp³-hybridized carbons (Fsp3) is 1.00. The van der Waals surface area contributed by atoms with Crippen molar-refractivity contribution in [3.8, 4) is 0 Å². The van der Waals surface area contributed by atoms with Crippen LogP contribution in [0.25, 0.3) is 0 Å². The van der Waals surface area contributed by atoms with Gasteiger partial charge in [-0.3, -0.25) is 0 Å². The molecule has 4 atom stereocenters. The first kappa shape index (κ1) is 33.4. The highest BCUT2D eigenvalue weighted by molar-refractivity contribution is 6.87. The maximum Gasteiger partial charge on any atom is 0.482 e. The summed E-state index contributed by atoms with van der Waals surface area (Å²) < 4.78 is 37.9. The number of aliphatic hydroxyl groups excluding tert-OH is 1. The van der Waals surface area contributed by atoms with E-state index in [1.165, 1.54) is 0 Å². The van der Waals surface area contributed by atoms with E-state index in [9.17, 15) is 5.11 Å². The summed E-state index contributed by atoms with van der Waals surface area (Å²) in [6.45, 7) is 5.97. The maximum atomic E-state index is 10.2. The van der Waals surface area contributed by atoms with Gasteiger partial charge >= 0.3 is 34.5 Å². The Morgan fingerprint density at radius 2 is 1.03 bits per heavy atom. The topological polar surface area (TPSA) is 180 Å². The molecule has 0 aliphatic carbocycles. The predicted octanol–water partition coefficient (Wildman–Crippen LogP) is 0.427. The van der Waals surface area contributed by atoms with Gasteiger partial charge in [0.05, 0.1) is 6.23 Å². The van der Waals surface area contributed by atoms with Crippen LogP contribution in [0.1, 0.15) is 25.7 Å². The number of hydrogen-bond donors (Lipinski definition) is 5. The molecular formula is C18H50N4O7Si4. The van der Waals surface area contributed by atoms with Crippen LogP contribution in [0.15, 0.2) is 0 Å². The quantitative estimate of drug-likeness (QED) is 0.119. The lowest BCUT2D eigenvalue weighted by molar-refractivity contribution is 0.144. The lowest BCUT2D eigenvalue weighted by Crippen LogP contribution is -2.64. The van der Waals surface area contributed by atoms with Crippen LogP contribution in [-0.4, -0.2) is 93.3 Å². The number of aliphatic hydroxyl groups is 1. The van der Waals surface area contributed by atoms with E-state index in [0.717, 1.165) is 12.5 Å². The molecule has 0 aromatic carbocycles. The Hall–Kier alpha value is 0.428. The second kappa shape index (κ2) is 17.0. The standard InChI is InChI=1S/C18H50N4O7Si4/c1-24-30(4,14-6-10-19)28-33(26-3,17-9-13-22)29-31(5,15-7-11-20)27-32(18-23,25-2)16-8-12-21/h23H,6-22H2,1-5H3. The van der Waals surface area contributed by atoms with Crippen LogP contribution in [0.3, 0.4) is 0 Å². The normalized spacial score (nSPS) is 19.5. The third-order valence-electron chi connectivity index (χ3n) is 5.62. The van der Waals surface area contributed by atoms with E-state index in [4.69, 9.17) is 48.6 Å². The highest BCUT2D eigenvalue weighted by atomic mass is 28.5. The van der Waals surface area contributed by atoms with Gasteiger partial charge < -0.3 is 53.7 Å². The first-order valence-corrected chi connectivity index (χ1v) is 21.0. The van der Waals surface area contributed by atoms with Crippen molar-refractivity contribution in [2.24, 2.45) is 22.9 Å². The molecule has 0 aliphatic rings. The lowest BCUT2D eigenvalue weighted by atomic mass is 10.5. The molecule has 15 heteroatoms. The largest absolute Gasteiger partial charge is 0.482 e. The fourth-order valence-corrected chi connectivity index (χ4v) is 21.1. The van der Waals surface area contributed by atoms with Crippen LogP contribution < -0.4 is 22.9 Å². The van der Waals surface area contributed by atoms with Crippen molar-refractivity contribution in [1.82, 2.24) is 0 Å². The molecule has 0 aliphatic heterocycles. The highest BCUT2D eigenvalue weighted by Crippen LogP contribution is 2.33. The Bertz CT molecular complexity index is 516. The van der Waals surface area contributed by atoms with Gasteiger partial charge in [-0.15, -0.1) is 0 Å². The van der Waals surface area contributed by atoms with Gasteiger partial charge in [-0.2, -0.15) is 0 Å². The van der Waals surface area contributed by atoms with Crippen molar-refractivity contribution in [2.45, 2.75) is 63.0 Å². The van der Waals surface area contributed by atoms with Gasteiger partial charge in [0.25, 0.3) is 0 Å². The van der Waals surface area contributed by atoms with Gasteiger partial charge in [0.2, 0.25) is 0 Å². The molecule has 0 heterocycles. The fourth-order valence-electron chi connectivity index (χ4n) is 3.58. The van der Waals surface area contributed by atoms with Crippen molar-refractivity contribution in [3.63, 3.8) is 0 Å². The van der Waals surface area contributed by atoms with Gasteiger partial charge in [0.15, 0.2) is 0 Å². The zero-order valence-corrected chi connectivity index (χ0v) is 25.4. The minimum absolute atomic E-state index is 0.190. The third kappa shape index (κ3) is 11.8. The van der Waals surface area contributed by atoms with Crippen LogP contribution in [0.2, 0.25) is 37.3 Å². The van der Waals surface area contributed by atoms with Crippen LogP contribution in [0, 0.1) is 0 Å². The first-order valence-electron chi connectivity index (χ1n) is 11.8. The molecule has 33 heavy (non-hydrogen) atoms. The molecule has 11 nitrogen and oxygen atoms in total. The molecule has 0 spiro atoms. The minimum atomic E-state index is -3.27. The third-order valence-corrected chi connectivity index (χ3v) is 22.1. The minimum Gasteiger partial charge on any atom is -0.414 e. The van der Waals surface area contributed by atoms with Crippen LogP contribution in [0.4, 0.5) is 0 Å². The van der Waals surface area contributed by atoms with Crippen LogP contribution in [-0.2, 0) is 25.6 Å². The van der Waals surface area contributed by atoms with E-state index in [2.05, 4.69) is 0 Å². The van der Waals surface area contributed by atoms with E-state index in [0.29, 0.717) is 63.6 Å². The summed E-state index contributed by atoms with van der Waals surface area (Å²) in [5.41, 5.74) is 23.1. The average Bonchev–Trinajstić information content (AvgIpc) is 2.82. The zero-order chi connectivity index (χ0) is 25.4. The van der Waals surface area contributed by atoms with Gasteiger partial charge in [-0.25, -0.2) is 0 Å². The van der Waals surface area contributed by atoms with Crippen molar-refractivity contribution in [3.05, 3.63) is 0 Å². The molecule has 0 radical (unpaired) electrons. The monoisotopic (exact) mass is 546 g/mol. The Labute approximate surface area is 204 Å². The number of hydrogen-bond acceptors (Lipinski definition) is 11. The van der Waals surface area contributed by atoms with Gasteiger partial charge in [-0.1, -0.05) is 0 Å². The Morgan fingerprint density at radius 1 is 0.576 bits per heavy atom. The Kier molecular flexibility index (Phi) is 17.2. The SMILES string of the molecule is CO[Si](C)(CCCN)O[Si](CCCN)(OC)O[Si](C)(CCCN)O[Si](CO)(CCCN)OC. The smallest absolute Gasteiger partial charge is 0.414 e. The Morgan fingerprint density at radius 3 is 1.45 bits per heavy atom. The Balaban J connectivity index is 6.15. The maximum absolute atomic E-state index is 10.2. The predicted molar refractivity (Wildman–Crippen MR) is 140 cm³/mol. The second-order valence-corrected chi connectivity index (χ2v) is 22.2. The zero-order valence-electron chi connectivity index (χ0n) is 21.4. The molecule has 0 aromatic rings. The molecule has 0 saturated carbocycles. The van der Waals surface area contributed by atoms with Gasteiger partial charge in [-0.05, 0) is 83.1 Å². The van der Waals surface area contributed by atoms with E-state index in [1.807, 2.05) is 13.1 Å². The molecule has 0 saturated heterocycles. The van der Waals surface area contributed by atoms with E-state index in [1.54, 1.807) is 21.3 Å². The molecule has 0 rings (SSSR count). The highest BCUT2D eigenvalue weighted by Gasteiger charge is 2.55. The molecule has 4 unspecified atom stereocenters. The van der Waals surface area contributed by atoms with Crippen molar-refractivity contribution in [1.29, 1.82) is 0 Å². The van der Waals surface area contributed by atoms with Crippen molar-refractivity contribution >= 4 is 34.5 Å². The molecule has 0 fully saturated rings. The summed E-state index contributed by atoms with van der Waals surface area (Å²) in [6, 6.07) is 2.43. The summed E-state index contributed by atoms with van der Waals surface area (Å²) in [5.74, 6) is 0. The number of rotatable bonds is 22. The van der Waals surface area contributed by atoms with E-state index < -0.39 is 34.5 Å². The molecule has 200 valence electrons. The molecular weight excluding hydrogens is 497 g/mol. The molecule has 0 aromatic heterocycles. The molecule has 0 amide bonds. The van der Waals surface area contributed by atoms with Crippen LogP contribution >= 0.6 is 0 Å².